The first-order chi connectivity index (χ1) is 12.3. The van der Waals surface area contributed by atoms with Gasteiger partial charge in [-0.15, -0.1) is 0 Å². The maximum Gasteiger partial charge on any atom is 0.119 e. The van der Waals surface area contributed by atoms with Gasteiger partial charge in [-0.3, -0.25) is 9.80 Å². The van der Waals surface area contributed by atoms with E-state index in [9.17, 15) is 0 Å². The van der Waals surface area contributed by atoms with Crippen molar-refractivity contribution < 1.29 is 9.47 Å². The molecular weight excluding hydrogens is 314 g/mol. The van der Waals surface area contributed by atoms with Gasteiger partial charge >= 0.3 is 0 Å². The van der Waals surface area contributed by atoms with E-state index in [1.54, 1.807) is 0 Å². The van der Waals surface area contributed by atoms with Crippen LogP contribution in [-0.2, 0) is 0 Å². The fraction of sp³-hybridized carbons (Fsp3) is 0.700. The van der Waals surface area contributed by atoms with Crippen molar-refractivity contribution in [3.63, 3.8) is 0 Å². The molecule has 2 atom stereocenters. The Morgan fingerprint density at radius 1 is 0.960 bits per heavy atom. The van der Waals surface area contributed by atoms with Crippen molar-refractivity contribution in [1.29, 1.82) is 0 Å². The molecule has 5 heteroatoms. The van der Waals surface area contributed by atoms with Gasteiger partial charge in [0.2, 0.25) is 0 Å². The van der Waals surface area contributed by atoms with E-state index in [0.29, 0.717) is 6.04 Å². The average molecular weight is 345 g/mol. The second-order valence-corrected chi connectivity index (χ2v) is 7.71. The topological polar surface area (TPSA) is 28.0 Å². The van der Waals surface area contributed by atoms with E-state index in [0.717, 1.165) is 63.5 Å². The van der Waals surface area contributed by atoms with Crippen LogP contribution in [0, 0.1) is 0 Å². The second-order valence-electron chi connectivity index (χ2n) is 7.71. The lowest BCUT2D eigenvalue weighted by molar-refractivity contribution is 0.133. The number of benzene rings is 1. The molecule has 0 N–H and O–H groups in total. The minimum Gasteiger partial charge on any atom is -0.492 e. The molecule has 0 amide bonds. The zero-order valence-electron chi connectivity index (χ0n) is 15.4. The summed E-state index contributed by atoms with van der Waals surface area (Å²) in [5.41, 5.74) is 0. The zero-order valence-corrected chi connectivity index (χ0v) is 15.4. The summed E-state index contributed by atoms with van der Waals surface area (Å²) >= 11 is 0. The van der Waals surface area contributed by atoms with Crippen LogP contribution < -0.4 is 9.47 Å². The predicted octanol–water partition coefficient (Wildman–Crippen LogP) is 1.93. The summed E-state index contributed by atoms with van der Waals surface area (Å²) in [6.07, 6.45) is 4.18. The normalized spacial score (nSPS) is 27.7. The first kappa shape index (κ1) is 17.1. The molecule has 4 rings (SSSR count). The molecule has 0 aromatic heterocycles. The van der Waals surface area contributed by atoms with Crippen LogP contribution in [0.15, 0.2) is 24.3 Å². The Labute approximate surface area is 151 Å². The maximum absolute atomic E-state index is 5.93. The Hall–Kier alpha value is -1.30. The standard InChI is InChI=1S/C20H31N3O2/c1-21-9-11-22(12-10-21)13-14-24-19-5-7-20(8-6-19)25-16-18-15-23(18)17-3-2-4-17/h5-8,17-18H,2-4,9-16H2,1H3. The highest BCUT2D eigenvalue weighted by molar-refractivity contribution is 5.31. The molecule has 5 nitrogen and oxygen atoms in total. The number of likely N-dealkylation sites (N-methyl/N-ethyl adjacent to an activating group) is 1. The summed E-state index contributed by atoms with van der Waals surface area (Å²) in [4.78, 5) is 7.43. The van der Waals surface area contributed by atoms with E-state index in [4.69, 9.17) is 9.47 Å². The lowest BCUT2D eigenvalue weighted by Crippen LogP contribution is -2.45. The first-order valence-electron chi connectivity index (χ1n) is 9.80. The molecule has 3 aliphatic rings. The fourth-order valence-electron chi connectivity index (χ4n) is 3.70. The summed E-state index contributed by atoms with van der Waals surface area (Å²) in [5.74, 6) is 1.89. The van der Waals surface area contributed by atoms with E-state index in [1.807, 2.05) is 24.3 Å². The number of hydrogen-bond acceptors (Lipinski definition) is 5. The highest BCUT2D eigenvalue weighted by atomic mass is 16.5. The van der Waals surface area contributed by atoms with Crippen molar-refractivity contribution in [1.82, 2.24) is 14.7 Å². The zero-order chi connectivity index (χ0) is 17.1. The van der Waals surface area contributed by atoms with Gasteiger partial charge in [0.05, 0.1) is 6.04 Å². The van der Waals surface area contributed by atoms with Crippen LogP contribution in [0.1, 0.15) is 19.3 Å². The van der Waals surface area contributed by atoms with Gasteiger partial charge in [0, 0.05) is 45.3 Å². The lowest BCUT2D eigenvalue weighted by Gasteiger charge is -2.32. The third-order valence-electron chi connectivity index (χ3n) is 5.84. The second kappa shape index (κ2) is 7.94. The lowest BCUT2D eigenvalue weighted by atomic mass is 9.93. The molecule has 1 saturated carbocycles. The highest BCUT2D eigenvalue weighted by Crippen LogP contribution is 2.33. The fourth-order valence-corrected chi connectivity index (χ4v) is 3.70. The summed E-state index contributed by atoms with van der Waals surface area (Å²) < 4.78 is 11.8. The molecule has 2 aliphatic heterocycles. The molecule has 25 heavy (non-hydrogen) atoms. The van der Waals surface area contributed by atoms with E-state index >= 15 is 0 Å². The van der Waals surface area contributed by atoms with Crippen LogP contribution in [0.25, 0.3) is 0 Å². The van der Waals surface area contributed by atoms with Gasteiger partial charge in [0.15, 0.2) is 0 Å². The third-order valence-corrected chi connectivity index (χ3v) is 5.84. The summed E-state index contributed by atoms with van der Waals surface area (Å²) in [7, 11) is 2.19. The first-order valence-corrected chi connectivity index (χ1v) is 9.80. The van der Waals surface area contributed by atoms with Gasteiger partial charge in [-0.2, -0.15) is 0 Å². The minimum atomic E-state index is 0.643. The van der Waals surface area contributed by atoms with E-state index in [1.165, 1.54) is 25.8 Å². The molecule has 0 spiro atoms. The Balaban J connectivity index is 1.12. The molecule has 2 heterocycles. The molecule has 1 aromatic rings. The Morgan fingerprint density at radius 3 is 2.28 bits per heavy atom. The van der Waals surface area contributed by atoms with Crippen molar-refractivity contribution >= 4 is 0 Å². The van der Waals surface area contributed by atoms with Crippen molar-refractivity contribution in [2.24, 2.45) is 0 Å². The molecule has 138 valence electrons. The smallest absolute Gasteiger partial charge is 0.119 e. The van der Waals surface area contributed by atoms with Gasteiger partial charge in [-0.05, 0) is 44.2 Å². The predicted molar refractivity (Wildman–Crippen MR) is 99.5 cm³/mol. The van der Waals surface area contributed by atoms with Gasteiger partial charge in [-0.25, -0.2) is 0 Å². The Kier molecular flexibility index (Phi) is 5.44. The van der Waals surface area contributed by atoms with Crippen LogP contribution >= 0.6 is 0 Å². The quantitative estimate of drug-likeness (QED) is 0.671. The Morgan fingerprint density at radius 2 is 1.64 bits per heavy atom. The number of ether oxygens (including phenoxy) is 2. The molecule has 2 unspecified atom stereocenters. The van der Waals surface area contributed by atoms with E-state index < -0.39 is 0 Å². The summed E-state index contributed by atoms with van der Waals surface area (Å²) in [6, 6.07) is 9.60. The Bertz CT molecular complexity index is 538. The van der Waals surface area contributed by atoms with E-state index in [-0.39, 0.29) is 0 Å². The van der Waals surface area contributed by atoms with Gasteiger partial charge < -0.3 is 14.4 Å². The summed E-state index contributed by atoms with van der Waals surface area (Å²) in [6.45, 7) is 8.40. The van der Waals surface area contributed by atoms with Crippen LogP contribution in [-0.4, -0.2) is 86.3 Å². The van der Waals surface area contributed by atoms with Crippen LogP contribution in [0.2, 0.25) is 0 Å². The van der Waals surface area contributed by atoms with Crippen LogP contribution in [0.4, 0.5) is 0 Å². The number of rotatable bonds is 8. The van der Waals surface area contributed by atoms with Gasteiger partial charge in [0.25, 0.3) is 0 Å². The number of hydrogen-bond donors (Lipinski definition) is 0. The SMILES string of the molecule is CN1CCN(CCOc2ccc(OCC3CN3C3CCC3)cc2)CC1. The number of piperazine rings is 1. The highest BCUT2D eigenvalue weighted by Gasteiger charge is 2.42. The molecule has 1 aliphatic carbocycles. The molecular formula is C20H31N3O2. The van der Waals surface area contributed by atoms with Crippen molar-refractivity contribution in [2.45, 2.75) is 31.3 Å². The molecule has 0 radical (unpaired) electrons. The molecule has 3 fully saturated rings. The van der Waals surface area contributed by atoms with E-state index in [2.05, 4.69) is 21.7 Å². The molecule has 2 saturated heterocycles. The number of nitrogens with zero attached hydrogens (tertiary/aromatic N) is 3. The monoisotopic (exact) mass is 345 g/mol. The largest absolute Gasteiger partial charge is 0.492 e. The molecule has 1 aromatic carbocycles. The average Bonchev–Trinajstić information content (AvgIpc) is 3.33. The van der Waals surface area contributed by atoms with Crippen molar-refractivity contribution in [3.05, 3.63) is 24.3 Å². The molecule has 0 bridgehead atoms. The van der Waals surface area contributed by atoms with Crippen molar-refractivity contribution in [2.75, 3.05) is 59.5 Å². The van der Waals surface area contributed by atoms with Crippen LogP contribution in [0.3, 0.4) is 0 Å². The minimum absolute atomic E-state index is 0.643. The van der Waals surface area contributed by atoms with Crippen LogP contribution in [0.5, 0.6) is 11.5 Å². The maximum atomic E-state index is 5.93. The van der Waals surface area contributed by atoms with Crippen molar-refractivity contribution in [3.8, 4) is 11.5 Å². The third kappa shape index (κ3) is 4.66. The van der Waals surface area contributed by atoms with Gasteiger partial charge in [-0.1, -0.05) is 6.42 Å². The summed E-state index contributed by atoms with van der Waals surface area (Å²) in [5, 5.41) is 0. The van der Waals surface area contributed by atoms with Gasteiger partial charge in [0.1, 0.15) is 24.7 Å².